The summed E-state index contributed by atoms with van der Waals surface area (Å²) in [5.74, 6) is 0.0360. The lowest BCUT2D eigenvalue weighted by Crippen LogP contribution is -2.32. The Morgan fingerprint density at radius 1 is 1.46 bits per heavy atom. The van der Waals surface area contributed by atoms with Crippen LogP contribution in [0.15, 0.2) is 24.4 Å². The van der Waals surface area contributed by atoms with Crippen LogP contribution in [-0.4, -0.2) is 48.3 Å². The minimum absolute atomic E-state index is 0.0387. The van der Waals surface area contributed by atoms with Crippen LogP contribution in [0.25, 0.3) is 10.8 Å². The summed E-state index contributed by atoms with van der Waals surface area (Å²) in [7, 11) is 1.46. The fraction of sp³-hybridized carbons (Fsp3) is 0.389. The second kappa shape index (κ2) is 7.57. The van der Waals surface area contributed by atoms with E-state index in [2.05, 4.69) is 10.3 Å². The fourth-order valence-electron chi connectivity index (χ4n) is 3.20. The number of carbonyl (C=O) groups is 2. The van der Waals surface area contributed by atoms with Crippen LogP contribution in [-0.2, 0) is 4.79 Å². The van der Waals surface area contributed by atoms with Crippen molar-refractivity contribution in [2.24, 2.45) is 11.7 Å². The molecule has 2 atom stereocenters. The molecule has 1 aliphatic rings. The van der Waals surface area contributed by atoms with Crippen molar-refractivity contribution in [2.45, 2.75) is 18.9 Å². The Kier molecular flexibility index (Phi) is 5.22. The first kappa shape index (κ1) is 17.9. The van der Waals surface area contributed by atoms with Crippen molar-refractivity contribution in [1.82, 2.24) is 10.3 Å². The predicted molar refractivity (Wildman–Crippen MR) is 94.0 cm³/mol. The third-order valence-corrected chi connectivity index (χ3v) is 4.58. The van der Waals surface area contributed by atoms with Crippen LogP contribution < -0.4 is 20.5 Å². The highest BCUT2D eigenvalue weighted by molar-refractivity contribution is 6.01. The number of nitrogens with two attached hydrogens (primary N) is 1. The molecule has 2 aromatic rings. The van der Waals surface area contributed by atoms with Gasteiger partial charge in [-0.25, -0.2) is 4.98 Å². The van der Waals surface area contributed by atoms with Gasteiger partial charge in [-0.15, -0.1) is 0 Å². The molecule has 4 N–H and O–H groups in total. The maximum absolute atomic E-state index is 11.6. The number of aliphatic hydroxyl groups is 1. The predicted octanol–water partition coefficient (Wildman–Crippen LogP) is 0.608. The summed E-state index contributed by atoms with van der Waals surface area (Å²) in [6.07, 6.45) is 2.48. The Labute approximate surface area is 150 Å². The van der Waals surface area contributed by atoms with Gasteiger partial charge in [0.15, 0.2) is 0 Å². The van der Waals surface area contributed by atoms with Crippen LogP contribution in [0, 0.1) is 5.92 Å². The number of amides is 2. The highest BCUT2D eigenvalue weighted by atomic mass is 16.5. The first-order valence-electron chi connectivity index (χ1n) is 8.33. The standard InChI is InChI=1S/C18H21N3O5/c1-25-15-8-12-10(6-13(15)17(19)24)2-4-20-18(12)26-5-3-14-11(9-22)7-16(23)21-14/h2,4,6,8,11,14,22H,3,5,7,9H2,1H3,(H2,19,24)(H,21,23)/t11?,14-/m1/s1. The van der Waals surface area contributed by atoms with E-state index in [0.29, 0.717) is 36.5 Å². The van der Waals surface area contributed by atoms with Gasteiger partial charge in [-0.1, -0.05) is 0 Å². The molecule has 0 spiro atoms. The van der Waals surface area contributed by atoms with Crippen molar-refractivity contribution < 1.29 is 24.2 Å². The number of nitrogens with one attached hydrogen (secondary N) is 1. The minimum atomic E-state index is -0.574. The number of carbonyl (C=O) groups excluding carboxylic acids is 2. The zero-order chi connectivity index (χ0) is 18.7. The number of hydrogen-bond acceptors (Lipinski definition) is 6. The molecule has 138 valence electrons. The Bertz CT molecular complexity index is 839. The van der Waals surface area contributed by atoms with Crippen LogP contribution in [0.2, 0.25) is 0 Å². The summed E-state index contributed by atoms with van der Waals surface area (Å²) in [5, 5.41) is 13.6. The van der Waals surface area contributed by atoms with Crippen LogP contribution in [0.4, 0.5) is 0 Å². The minimum Gasteiger partial charge on any atom is -0.496 e. The fourth-order valence-corrected chi connectivity index (χ4v) is 3.20. The van der Waals surface area contributed by atoms with Crippen molar-refractivity contribution in [2.75, 3.05) is 20.3 Å². The second-order valence-corrected chi connectivity index (χ2v) is 6.21. The molecule has 26 heavy (non-hydrogen) atoms. The Morgan fingerprint density at radius 2 is 2.27 bits per heavy atom. The third kappa shape index (κ3) is 3.55. The van der Waals surface area contributed by atoms with E-state index in [0.717, 1.165) is 5.39 Å². The number of nitrogens with zero attached hydrogens (tertiary/aromatic N) is 1. The molecule has 0 saturated carbocycles. The van der Waals surface area contributed by atoms with Gasteiger partial charge in [-0.3, -0.25) is 9.59 Å². The molecule has 1 aliphatic heterocycles. The lowest BCUT2D eigenvalue weighted by Gasteiger charge is -2.17. The summed E-state index contributed by atoms with van der Waals surface area (Å²) in [6, 6.07) is 4.96. The Hall–Kier alpha value is -2.87. The van der Waals surface area contributed by atoms with Gasteiger partial charge in [0.1, 0.15) is 5.75 Å². The third-order valence-electron chi connectivity index (χ3n) is 4.58. The highest BCUT2D eigenvalue weighted by Gasteiger charge is 2.31. The SMILES string of the molecule is COc1cc2c(OCC[C@H]3NC(=O)CC3CO)nccc2cc1C(N)=O. The molecular weight excluding hydrogens is 338 g/mol. The smallest absolute Gasteiger partial charge is 0.252 e. The molecule has 1 aromatic carbocycles. The number of primary amides is 1. The number of fused-ring (bicyclic) bond motifs is 1. The molecule has 8 nitrogen and oxygen atoms in total. The van der Waals surface area contributed by atoms with Crippen molar-refractivity contribution in [3.8, 4) is 11.6 Å². The zero-order valence-corrected chi connectivity index (χ0v) is 14.4. The monoisotopic (exact) mass is 359 g/mol. The van der Waals surface area contributed by atoms with E-state index in [1.165, 1.54) is 7.11 Å². The molecule has 0 bridgehead atoms. The lowest BCUT2D eigenvalue weighted by atomic mass is 9.99. The average molecular weight is 359 g/mol. The molecule has 8 heteroatoms. The molecular formula is C18H21N3O5. The van der Waals surface area contributed by atoms with Gasteiger partial charge in [0, 0.05) is 43.0 Å². The van der Waals surface area contributed by atoms with E-state index in [4.69, 9.17) is 15.2 Å². The normalized spacial score (nSPS) is 19.4. The molecule has 3 rings (SSSR count). The molecule has 2 amide bonds. The van der Waals surface area contributed by atoms with Crippen LogP contribution in [0.3, 0.4) is 0 Å². The van der Waals surface area contributed by atoms with E-state index in [1.54, 1.807) is 24.4 Å². The molecule has 0 radical (unpaired) electrons. The molecule has 1 fully saturated rings. The summed E-state index contributed by atoms with van der Waals surface area (Å²) in [6.45, 7) is 0.288. The number of methoxy groups -OCH3 is 1. The molecule has 0 aliphatic carbocycles. The largest absolute Gasteiger partial charge is 0.496 e. The summed E-state index contributed by atoms with van der Waals surface area (Å²) in [4.78, 5) is 27.3. The van der Waals surface area contributed by atoms with Crippen molar-refractivity contribution in [1.29, 1.82) is 0 Å². The zero-order valence-electron chi connectivity index (χ0n) is 14.4. The van der Waals surface area contributed by atoms with Crippen LogP contribution in [0.1, 0.15) is 23.2 Å². The summed E-state index contributed by atoms with van der Waals surface area (Å²) < 4.78 is 11.0. The maximum Gasteiger partial charge on any atom is 0.252 e. The van der Waals surface area contributed by atoms with Gasteiger partial charge >= 0.3 is 0 Å². The average Bonchev–Trinajstić information content (AvgIpc) is 3.00. The number of hydrogen-bond donors (Lipinski definition) is 3. The van der Waals surface area contributed by atoms with Crippen LogP contribution in [0.5, 0.6) is 11.6 Å². The molecule has 1 saturated heterocycles. The second-order valence-electron chi connectivity index (χ2n) is 6.21. The van der Waals surface area contributed by atoms with E-state index in [1.807, 2.05) is 0 Å². The van der Waals surface area contributed by atoms with Gasteiger partial charge in [-0.2, -0.15) is 0 Å². The molecule has 1 aromatic heterocycles. The topological polar surface area (TPSA) is 124 Å². The van der Waals surface area contributed by atoms with E-state index >= 15 is 0 Å². The number of rotatable bonds is 7. The van der Waals surface area contributed by atoms with E-state index in [-0.39, 0.29) is 30.0 Å². The number of aliphatic hydroxyl groups excluding tert-OH is 1. The summed E-state index contributed by atoms with van der Waals surface area (Å²) in [5.41, 5.74) is 5.67. The number of ether oxygens (including phenoxy) is 2. The number of aromatic nitrogens is 1. The summed E-state index contributed by atoms with van der Waals surface area (Å²) >= 11 is 0. The first-order valence-corrected chi connectivity index (χ1v) is 8.33. The highest BCUT2D eigenvalue weighted by Crippen LogP contribution is 2.31. The quantitative estimate of drug-likeness (QED) is 0.665. The van der Waals surface area contributed by atoms with Crippen molar-refractivity contribution in [3.05, 3.63) is 30.0 Å². The maximum atomic E-state index is 11.6. The van der Waals surface area contributed by atoms with Gasteiger partial charge in [-0.05, 0) is 23.6 Å². The van der Waals surface area contributed by atoms with E-state index < -0.39 is 5.91 Å². The van der Waals surface area contributed by atoms with Crippen LogP contribution >= 0.6 is 0 Å². The molecule has 1 unspecified atom stereocenters. The van der Waals surface area contributed by atoms with E-state index in [9.17, 15) is 14.7 Å². The van der Waals surface area contributed by atoms with Crippen molar-refractivity contribution in [3.63, 3.8) is 0 Å². The number of benzene rings is 1. The van der Waals surface area contributed by atoms with Gasteiger partial charge in [0.25, 0.3) is 5.91 Å². The van der Waals surface area contributed by atoms with Gasteiger partial charge in [0.05, 0.1) is 19.3 Å². The molecule has 2 heterocycles. The lowest BCUT2D eigenvalue weighted by molar-refractivity contribution is -0.119. The Balaban J connectivity index is 1.78. The number of pyridine rings is 1. The first-order chi connectivity index (χ1) is 12.5. The Morgan fingerprint density at radius 3 is 2.96 bits per heavy atom. The van der Waals surface area contributed by atoms with Gasteiger partial charge < -0.3 is 25.6 Å². The van der Waals surface area contributed by atoms with Crippen molar-refractivity contribution >= 4 is 22.6 Å². The van der Waals surface area contributed by atoms with Gasteiger partial charge in [0.2, 0.25) is 11.8 Å².